The quantitative estimate of drug-likeness (QED) is 0.676. The molecule has 2 aromatic carbocycles. The van der Waals surface area contributed by atoms with E-state index in [1.807, 2.05) is 0 Å². The molecule has 0 aromatic heterocycles. The third-order valence-electron chi connectivity index (χ3n) is 4.25. The average Bonchev–Trinajstić information content (AvgIpc) is 2.85. The highest BCUT2D eigenvalue weighted by atomic mass is 16.6. The Morgan fingerprint density at radius 3 is 2.31 bits per heavy atom. The first-order valence-electron chi connectivity index (χ1n) is 8.35. The van der Waals surface area contributed by atoms with E-state index in [9.17, 15) is 14.4 Å². The van der Waals surface area contributed by atoms with Crippen LogP contribution in [0.15, 0.2) is 54.6 Å². The maximum Gasteiger partial charge on any atom is 0.340 e. The molecule has 0 fully saturated rings. The third kappa shape index (κ3) is 2.73. The standard InChI is InChI=1S/C20H20N2O4/c1-13(2)21-18(24)20(26-17(23)14-9-5-4-6-10-14)15-11-7-8-12-16(15)22(3)19(20)25/h4-13H,1-3H3,(H,21,24). The molecule has 0 radical (unpaired) electrons. The molecule has 1 heterocycles. The summed E-state index contributed by atoms with van der Waals surface area (Å²) in [6.07, 6.45) is 0. The van der Waals surface area contributed by atoms with Crippen LogP contribution in [0.1, 0.15) is 29.8 Å². The van der Waals surface area contributed by atoms with Gasteiger partial charge in [-0.25, -0.2) is 4.79 Å². The molecule has 26 heavy (non-hydrogen) atoms. The molecule has 1 aliphatic heterocycles. The number of nitrogens with one attached hydrogen (secondary N) is 1. The van der Waals surface area contributed by atoms with E-state index in [1.54, 1.807) is 75.5 Å². The van der Waals surface area contributed by atoms with Gasteiger partial charge in [0.1, 0.15) is 0 Å². The largest absolute Gasteiger partial charge is 0.430 e. The van der Waals surface area contributed by atoms with E-state index in [2.05, 4.69) is 5.32 Å². The molecular formula is C20H20N2O4. The van der Waals surface area contributed by atoms with Crippen LogP contribution < -0.4 is 10.2 Å². The van der Waals surface area contributed by atoms with Gasteiger partial charge in [0.2, 0.25) is 0 Å². The molecular weight excluding hydrogens is 332 g/mol. The predicted molar refractivity (Wildman–Crippen MR) is 96.7 cm³/mol. The van der Waals surface area contributed by atoms with Crippen LogP contribution in [0.2, 0.25) is 0 Å². The fraction of sp³-hybridized carbons (Fsp3) is 0.250. The smallest absolute Gasteiger partial charge is 0.340 e. The van der Waals surface area contributed by atoms with Crippen molar-refractivity contribution in [2.75, 3.05) is 11.9 Å². The van der Waals surface area contributed by atoms with Gasteiger partial charge in [-0.05, 0) is 32.0 Å². The van der Waals surface area contributed by atoms with Crippen molar-refractivity contribution in [3.8, 4) is 0 Å². The van der Waals surface area contributed by atoms with Crippen molar-refractivity contribution in [3.05, 3.63) is 65.7 Å². The minimum atomic E-state index is -2.04. The summed E-state index contributed by atoms with van der Waals surface area (Å²) < 4.78 is 5.61. The van der Waals surface area contributed by atoms with Gasteiger partial charge in [0.15, 0.2) is 0 Å². The number of para-hydroxylation sites is 1. The van der Waals surface area contributed by atoms with E-state index >= 15 is 0 Å². The number of esters is 1. The van der Waals surface area contributed by atoms with Crippen LogP contribution in [0.5, 0.6) is 0 Å². The van der Waals surface area contributed by atoms with Gasteiger partial charge < -0.3 is 15.0 Å². The lowest BCUT2D eigenvalue weighted by atomic mass is 9.93. The van der Waals surface area contributed by atoms with E-state index < -0.39 is 23.4 Å². The molecule has 134 valence electrons. The minimum Gasteiger partial charge on any atom is -0.430 e. The average molecular weight is 352 g/mol. The normalized spacial score (nSPS) is 18.6. The molecule has 1 atom stereocenters. The van der Waals surface area contributed by atoms with Crippen LogP contribution in [0, 0.1) is 0 Å². The Hall–Kier alpha value is -3.15. The summed E-state index contributed by atoms with van der Waals surface area (Å²) in [4.78, 5) is 40.1. The Bertz CT molecular complexity index is 863. The number of carbonyl (C=O) groups excluding carboxylic acids is 3. The zero-order valence-corrected chi connectivity index (χ0v) is 14.9. The number of nitrogens with zero attached hydrogens (tertiary/aromatic N) is 1. The number of hydrogen-bond acceptors (Lipinski definition) is 4. The van der Waals surface area contributed by atoms with Crippen molar-refractivity contribution < 1.29 is 19.1 Å². The van der Waals surface area contributed by atoms with E-state index in [1.165, 1.54) is 4.90 Å². The number of rotatable bonds is 4. The summed E-state index contributed by atoms with van der Waals surface area (Å²) in [7, 11) is 1.56. The summed E-state index contributed by atoms with van der Waals surface area (Å²) in [5.74, 6) is -1.98. The molecule has 0 saturated carbocycles. The highest BCUT2D eigenvalue weighted by Gasteiger charge is 2.59. The fourth-order valence-electron chi connectivity index (χ4n) is 3.03. The van der Waals surface area contributed by atoms with E-state index in [0.29, 0.717) is 11.3 Å². The Kier molecular flexibility index (Phi) is 4.50. The first-order chi connectivity index (χ1) is 12.4. The Morgan fingerprint density at radius 2 is 1.65 bits per heavy atom. The minimum absolute atomic E-state index is 0.222. The van der Waals surface area contributed by atoms with Crippen molar-refractivity contribution >= 4 is 23.5 Å². The third-order valence-corrected chi connectivity index (χ3v) is 4.25. The summed E-state index contributed by atoms with van der Waals surface area (Å²) in [5.41, 5.74) is -0.876. The van der Waals surface area contributed by atoms with E-state index in [-0.39, 0.29) is 11.6 Å². The molecule has 1 N–H and O–H groups in total. The number of likely N-dealkylation sites (N-methyl/N-ethyl adjacent to an activating group) is 1. The fourth-order valence-corrected chi connectivity index (χ4v) is 3.03. The topological polar surface area (TPSA) is 75.7 Å². The molecule has 0 aliphatic carbocycles. The second-order valence-electron chi connectivity index (χ2n) is 6.45. The summed E-state index contributed by atoms with van der Waals surface area (Å²) in [6, 6.07) is 14.9. The molecule has 0 bridgehead atoms. The first kappa shape index (κ1) is 17.7. The van der Waals surface area contributed by atoms with Crippen molar-refractivity contribution in [3.63, 3.8) is 0 Å². The summed E-state index contributed by atoms with van der Waals surface area (Å²) in [5, 5.41) is 2.71. The number of benzene rings is 2. The Morgan fingerprint density at radius 1 is 1.04 bits per heavy atom. The lowest BCUT2D eigenvalue weighted by molar-refractivity contribution is -0.153. The van der Waals surface area contributed by atoms with Gasteiger partial charge in [0.25, 0.3) is 17.4 Å². The van der Waals surface area contributed by atoms with Crippen LogP contribution in [0.3, 0.4) is 0 Å². The number of carbonyl (C=O) groups is 3. The molecule has 0 spiro atoms. The van der Waals surface area contributed by atoms with Gasteiger partial charge in [-0.3, -0.25) is 9.59 Å². The van der Waals surface area contributed by atoms with Gasteiger partial charge in [-0.2, -0.15) is 0 Å². The first-order valence-corrected chi connectivity index (χ1v) is 8.35. The van der Waals surface area contributed by atoms with Gasteiger partial charge in [0.05, 0.1) is 11.3 Å². The van der Waals surface area contributed by atoms with Crippen molar-refractivity contribution in [1.29, 1.82) is 0 Å². The molecule has 2 aromatic rings. The van der Waals surface area contributed by atoms with Crippen LogP contribution in [0.25, 0.3) is 0 Å². The van der Waals surface area contributed by atoms with Crippen molar-refractivity contribution in [2.45, 2.75) is 25.5 Å². The molecule has 2 amide bonds. The van der Waals surface area contributed by atoms with Gasteiger partial charge in [0, 0.05) is 18.7 Å². The van der Waals surface area contributed by atoms with Crippen LogP contribution in [0.4, 0.5) is 5.69 Å². The molecule has 1 unspecified atom stereocenters. The zero-order chi connectivity index (χ0) is 18.9. The highest BCUT2D eigenvalue weighted by molar-refractivity contribution is 6.21. The van der Waals surface area contributed by atoms with Crippen LogP contribution >= 0.6 is 0 Å². The Balaban J connectivity index is 2.11. The number of fused-ring (bicyclic) bond motifs is 1. The monoisotopic (exact) mass is 352 g/mol. The van der Waals surface area contributed by atoms with Crippen LogP contribution in [-0.2, 0) is 19.9 Å². The summed E-state index contributed by atoms with van der Waals surface area (Å²) in [6.45, 7) is 3.55. The lowest BCUT2D eigenvalue weighted by Gasteiger charge is -2.28. The van der Waals surface area contributed by atoms with Crippen molar-refractivity contribution in [2.24, 2.45) is 0 Å². The maximum atomic E-state index is 13.1. The number of ether oxygens (including phenoxy) is 1. The number of hydrogen-bond donors (Lipinski definition) is 1. The second kappa shape index (κ2) is 6.63. The molecule has 6 nitrogen and oxygen atoms in total. The highest BCUT2D eigenvalue weighted by Crippen LogP contribution is 2.42. The second-order valence-corrected chi connectivity index (χ2v) is 6.45. The van der Waals surface area contributed by atoms with Crippen LogP contribution in [-0.4, -0.2) is 30.9 Å². The number of amides is 2. The van der Waals surface area contributed by atoms with E-state index in [4.69, 9.17) is 4.74 Å². The summed E-state index contributed by atoms with van der Waals surface area (Å²) >= 11 is 0. The van der Waals surface area contributed by atoms with Gasteiger partial charge >= 0.3 is 5.97 Å². The SMILES string of the molecule is CC(C)NC(=O)C1(OC(=O)c2ccccc2)C(=O)N(C)c2ccccc21. The molecule has 6 heteroatoms. The molecule has 3 rings (SSSR count). The predicted octanol–water partition coefficient (Wildman–Crippen LogP) is 2.24. The lowest BCUT2D eigenvalue weighted by Crippen LogP contribution is -2.55. The van der Waals surface area contributed by atoms with Crippen molar-refractivity contribution in [1.82, 2.24) is 5.32 Å². The molecule has 1 aliphatic rings. The Labute approximate surface area is 151 Å². The maximum absolute atomic E-state index is 13.1. The van der Waals surface area contributed by atoms with E-state index in [0.717, 1.165) is 0 Å². The number of anilines is 1. The van der Waals surface area contributed by atoms with Gasteiger partial charge in [-0.15, -0.1) is 0 Å². The van der Waals surface area contributed by atoms with Gasteiger partial charge in [-0.1, -0.05) is 36.4 Å². The zero-order valence-electron chi connectivity index (χ0n) is 14.9. The molecule has 0 saturated heterocycles.